The van der Waals surface area contributed by atoms with Crippen molar-refractivity contribution in [2.45, 2.75) is 96.2 Å². The molecule has 0 spiro atoms. The molecule has 0 aliphatic heterocycles. The van der Waals surface area contributed by atoms with Crippen molar-refractivity contribution in [2.24, 2.45) is 0 Å². The van der Waals surface area contributed by atoms with Crippen molar-refractivity contribution in [2.75, 3.05) is 6.61 Å². The van der Waals surface area contributed by atoms with Crippen LogP contribution < -0.4 is 0 Å². The van der Waals surface area contributed by atoms with Crippen molar-refractivity contribution in [3.63, 3.8) is 0 Å². The molecule has 4 heteroatoms. The molecule has 4 nitrogen and oxygen atoms in total. The molecule has 2 N–H and O–H groups in total. The maximum atomic E-state index is 10.6. The Morgan fingerprint density at radius 3 is 2.00 bits per heavy atom. The highest BCUT2D eigenvalue weighted by atomic mass is 16.5. The van der Waals surface area contributed by atoms with Crippen molar-refractivity contribution in [1.29, 1.82) is 0 Å². The molecule has 0 aliphatic carbocycles. The SMILES string of the molecule is C#CCCCCCCCCCCC[C@@H](O)C[C@H](O)COC(C)=O. The summed E-state index contributed by atoms with van der Waals surface area (Å²) in [6, 6.07) is 0. The first-order valence-electron chi connectivity index (χ1n) is 8.99. The monoisotopic (exact) mass is 326 g/mol. The lowest BCUT2D eigenvalue weighted by molar-refractivity contribution is -0.144. The molecule has 0 heterocycles. The molecule has 0 fully saturated rings. The van der Waals surface area contributed by atoms with Crippen LogP contribution in [0.2, 0.25) is 0 Å². The van der Waals surface area contributed by atoms with Gasteiger partial charge in [-0.3, -0.25) is 4.79 Å². The van der Waals surface area contributed by atoms with Gasteiger partial charge in [0, 0.05) is 19.8 Å². The Labute approximate surface area is 141 Å². The largest absolute Gasteiger partial charge is 0.463 e. The molecule has 0 amide bonds. The minimum atomic E-state index is -0.775. The highest BCUT2D eigenvalue weighted by molar-refractivity contribution is 5.65. The van der Waals surface area contributed by atoms with Gasteiger partial charge < -0.3 is 14.9 Å². The number of carbonyl (C=O) groups is 1. The fourth-order valence-corrected chi connectivity index (χ4v) is 2.56. The zero-order chi connectivity index (χ0) is 17.3. The quantitative estimate of drug-likeness (QED) is 0.274. The van der Waals surface area contributed by atoms with E-state index in [1.165, 1.54) is 45.4 Å². The molecule has 0 saturated heterocycles. The first-order chi connectivity index (χ1) is 11.1. The van der Waals surface area contributed by atoms with Gasteiger partial charge in [-0.05, 0) is 12.8 Å². The van der Waals surface area contributed by atoms with Crippen LogP contribution in [0.1, 0.15) is 84.0 Å². The van der Waals surface area contributed by atoms with Crippen LogP contribution in [0.3, 0.4) is 0 Å². The lowest BCUT2D eigenvalue weighted by atomic mass is 10.0. The van der Waals surface area contributed by atoms with E-state index in [2.05, 4.69) is 5.92 Å². The summed E-state index contributed by atoms with van der Waals surface area (Å²) in [7, 11) is 0. The summed E-state index contributed by atoms with van der Waals surface area (Å²) in [5, 5.41) is 19.4. The molecule has 134 valence electrons. The first-order valence-corrected chi connectivity index (χ1v) is 8.99. The van der Waals surface area contributed by atoms with Crippen molar-refractivity contribution in [3.05, 3.63) is 0 Å². The van der Waals surface area contributed by atoms with Crippen LogP contribution in [0.4, 0.5) is 0 Å². The lowest BCUT2D eigenvalue weighted by Crippen LogP contribution is -2.23. The third-order valence-corrected chi connectivity index (χ3v) is 3.88. The van der Waals surface area contributed by atoms with Crippen LogP contribution in [0.15, 0.2) is 0 Å². The minimum absolute atomic E-state index is 0.0340. The average Bonchev–Trinajstić information content (AvgIpc) is 2.50. The van der Waals surface area contributed by atoms with Crippen molar-refractivity contribution in [3.8, 4) is 12.3 Å². The third kappa shape index (κ3) is 17.1. The number of ether oxygens (including phenoxy) is 1. The van der Waals surface area contributed by atoms with E-state index in [1.54, 1.807) is 0 Å². The number of rotatable bonds is 15. The van der Waals surface area contributed by atoms with Gasteiger partial charge in [0.2, 0.25) is 0 Å². The highest BCUT2D eigenvalue weighted by Crippen LogP contribution is 2.13. The second-order valence-electron chi connectivity index (χ2n) is 6.27. The molecule has 0 aliphatic rings. The lowest BCUT2D eigenvalue weighted by Gasteiger charge is -2.15. The average molecular weight is 326 g/mol. The molecule has 0 aromatic rings. The second kappa shape index (κ2) is 15.8. The number of unbranched alkanes of at least 4 members (excludes halogenated alkanes) is 9. The fourth-order valence-electron chi connectivity index (χ4n) is 2.56. The van der Waals surface area contributed by atoms with E-state index >= 15 is 0 Å². The molecule has 0 bridgehead atoms. The van der Waals surface area contributed by atoms with E-state index in [1.807, 2.05) is 0 Å². The van der Waals surface area contributed by atoms with Gasteiger partial charge in [-0.1, -0.05) is 51.4 Å². The van der Waals surface area contributed by atoms with Gasteiger partial charge in [-0.15, -0.1) is 12.3 Å². The smallest absolute Gasteiger partial charge is 0.302 e. The summed E-state index contributed by atoms with van der Waals surface area (Å²) in [6.45, 7) is 1.27. The number of esters is 1. The summed E-state index contributed by atoms with van der Waals surface area (Å²) < 4.78 is 4.71. The highest BCUT2D eigenvalue weighted by Gasteiger charge is 2.12. The van der Waals surface area contributed by atoms with E-state index < -0.39 is 18.2 Å². The normalized spacial score (nSPS) is 13.3. The molecule has 0 aromatic heterocycles. The molecular weight excluding hydrogens is 292 g/mol. The number of hydrogen-bond acceptors (Lipinski definition) is 4. The first kappa shape index (κ1) is 21.9. The third-order valence-electron chi connectivity index (χ3n) is 3.88. The van der Waals surface area contributed by atoms with Crippen LogP contribution in [-0.4, -0.2) is 35.0 Å². The standard InChI is InChI=1S/C19H34O4/c1-3-4-5-6-7-8-9-10-11-12-13-14-18(21)15-19(22)16-23-17(2)20/h1,18-19,21-22H,4-16H2,2H3/t18-,19+/m1/s1. The molecule has 0 saturated carbocycles. The second-order valence-corrected chi connectivity index (χ2v) is 6.27. The van der Waals surface area contributed by atoms with Crippen LogP contribution >= 0.6 is 0 Å². The number of hydrogen-bond donors (Lipinski definition) is 2. The Hall–Kier alpha value is -1.05. The Morgan fingerprint density at radius 1 is 0.957 bits per heavy atom. The van der Waals surface area contributed by atoms with E-state index in [0.717, 1.165) is 25.7 Å². The molecule has 23 heavy (non-hydrogen) atoms. The van der Waals surface area contributed by atoms with Gasteiger partial charge in [-0.2, -0.15) is 0 Å². The fraction of sp³-hybridized carbons (Fsp3) is 0.842. The molecular formula is C19H34O4. The zero-order valence-electron chi connectivity index (χ0n) is 14.6. The molecule has 0 aromatic carbocycles. The molecule has 0 rings (SSSR count). The molecule has 0 radical (unpaired) electrons. The van der Waals surface area contributed by atoms with Gasteiger partial charge in [0.05, 0.1) is 12.2 Å². The zero-order valence-corrected chi connectivity index (χ0v) is 14.6. The van der Waals surface area contributed by atoms with Gasteiger partial charge in [0.15, 0.2) is 0 Å². The van der Waals surface area contributed by atoms with Crippen molar-refractivity contribution in [1.82, 2.24) is 0 Å². The van der Waals surface area contributed by atoms with Crippen molar-refractivity contribution < 1.29 is 19.7 Å². The van der Waals surface area contributed by atoms with Gasteiger partial charge >= 0.3 is 5.97 Å². The Kier molecular flexibility index (Phi) is 15.1. The maximum Gasteiger partial charge on any atom is 0.302 e. The van der Waals surface area contributed by atoms with Gasteiger partial charge in [0.1, 0.15) is 6.61 Å². The summed E-state index contributed by atoms with van der Waals surface area (Å²) in [5.74, 6) is 2.26. The predicted molar refractivity (Wildman–Crippen MR) is 92.9 cm³/mol. The van der Waals surface area contributed by atoms with E-state index in [9.17, 15) is 15.0 Å². The number of terminal acetylenes is 1. The summed E-state index contributed by atoms with van der Waals surface area (Å²) in [5.41, 5.74) is 0. The molecule has 0 unspecified atom stereocenters. The topological polar surface area (TPSA) is 66.8 Å². The Bertz CT molecular complexity index is 322. The summed E-state index contributed by atoms with van der Waals surface area (Å²) >= 11 is 0. The van der Waals surface area contributed by atoms with Gasteiger partial charge in [0.25, 0.3) is 0 Å². The summed E-state index contributed by atoms with van der Waals surface area (Å²) in [4.78, 5) is 10.6. The van der Waals surface area contributed by atoms with E-state index in [0.29, 0.717) is 6.42 Å². The van der Waals surface area contributed by atoms with E-state index in [-0.39, 0.29) is 13.0 Å². The van der Waals surface area contributed by atoms with Crippen LogP contribution in [-0.2, 0) is 9.53 Å². The number of carbonyl (C=O) groups excluding carboxylic acids is 1. The van der Waals surface area contributed by atoms with Crippen molar-refractivity contribution >= 4 is 5.97 Å². The van der Waals surface area contributed by atoms with Gasteiger partial charge in [-0.25, -0.2) is 0 Å². The van der Waals surface area contributed by atoms with Crippen LogP contribution in [0, 0.1) is 12.3 Å². The number of aliphatic hydroxyl groups is 2. The van der Waals surface area contributed by atoms with E-state index in [4.69, 9.17) is 11.2 Å². The van der Waals surface area contributed by atoms with Crippen LogP contribution in [0.25, 0.3) is 0 Å². The maximum absolute atomic E-state index is 10.6. The van der Waals surface area contributed by atoms with Crippen LogP contribution in [0.5, 0.6) is 0 Å². The number of aliphatic hydroxyl groups excluding tert-OH is 2. The Balaban J connectivity index is 3.30. The minimum Gasteiger partial charge on any atom is -0.463 e. The Morgan fingerprint density at radius 2 is 1.48 bits per heavy atom. The predicted octanol–water partition coefficient (Wildman–Crippen LogP) is 3.59. The molecule has 2 atom stereocenters. The summed E-state index contributed by atoms with van der Waals surface area (Å²) in [6.07, 6.45) is 16.6.